The molecule has 0 radical (unpaired) electrons. The van der Waals surface area contributed by atoms with Gasteiger partial charge in [0.15, 0.2) is 5.52 Å². The van der Waals surface area contributed by atoms with Gasteiger partial charge in [-0.05, 0) is 25.1 Å². The number of alkyl halides is 3. The number of hydrogen-bond donors (Lipinski definition) is 0. The van der Waals surface area contributed by atoms with E-state index in [0.29, 0.717) is 43.6 Å². The minimum absolute atomic E-state index is 0.101. The van der Waals surface area contributed by atoms with Crippen molar-refractivity contribution in [2.75, 3.05) is 31.2 Å². The van der Waals surface area contributed by atoms with E-state index in [2.05, 4.69) is 38.9 Å². The lowest BCUT2D eigenvalue weighted by molar-refractivity contribution is -0.141. The molecule has 5 rings (SSSR count). The molecule has 0 unspecified atom stereocenters. The van der Waals surface area contributed by atoms with Crippen LogP contribution < -0.4 is 10.5 Å². The van der Waals surface area contributed by atoms with Crippen LogP contribution in [0, 0.1) is 6.92 Å². The van der Waals surface area contributed by atoms with E-state index in [1.807, 2.05) is 24.2 Å². The zero-order valence-electron chi connectivity index (χ0n) is 22.0. The van der Waals surface area contributed by atoms with Crippen LogP contribution in [0.25, 0.3) is 22.3 Å². The second-order valence-corrected chi connectivity index (χ2v) is 8.51. The summed E-state index contributed by atoms with van der Waals surface area (Å²) in [4.78, 5) is 31.5. The number of hydrogen-bond acceptors (Lipinski definition) is 8. The molecule has 38 heavy (non-hydrogen) atoms. The molecule has 1 aliphatic rings. The molecule has 1 aliphatic heterocycles. The normalized spacial score (nSPS) is 13.4. The third-order valence-corrected chi connectivity index (χ3v) is 5.40. The van der Waals surface area contributed by atoms with Crippen molar-refractivity contribution >= 4 is 17.0 Å². The van der Waals surface area contributed by atoms with Gasteiger partial charge in [-0.3, -0.25) is 19.0 Å². The second kappa shape index (κ2) is 12.6. The summed E-state index contributed by atoms with van der Waals surface area (Å²) in [6.45, 7) is 7.96. The first-order chi connectivity index (χ1) is 18.1. The van der Waals surface area contributed by atoms with Crippen molar-refractivity contribution in [3.8, 4) is 11.3 Å². The molecule has 0 aromatic carbocycles. The summed E-state index contributed by atoms with van der Waals surface area (Å²) in [7, 11) is 3.47. The molecule has 1 fully saturated rings. The van der Waals surface area contributed by atoms with Crippen LogP contribution in [0.1, 0.15) is 31.8 Å². The van der Waals surface area contributed by atoms with E-state index in [-0.39, 0.29) is 22.3 Å². The maximum Gasteiger partial charge on any atom is 0.433 e. The number of ether oxygens (including phenoxy) is 1. The molecular weight excluding hydrogens is 501 g/mol. The third kappa shape index (κ3) is 6.91. The second-order valence-electron chi connectivity index (χ2n) is 8.51. The Bertz CT molecular complexity index is 1380. The Kier molecular flexibility index (Phi) is 9.50. The van der Waals surface area contributed by atoms with Gasteiger partial charge in [0, 0.05) is 51.3 Å². The molecule has 13 heteroatoms. The molecule has 4 aromatic heterocycles. The summed E-state index contributed by atoms with van der Waals surface area (Å²) >= 11 is 0. The largest absolute Gasteiger partial charge is 0.433 e. The van der Waals surface area contributed by atoms with Crippen molar-refractivity contribution in [1.82, 2.24) is 34.3 Å². The lowest BCUT2D eigenvalue weighted by Gasteiger charge is -2.27. The highest BCUT2D eigenvalue weighted by atomic mass is 19.4. The number of morpholine rings is 1. The van der Waals surface area contributed by atoms with E-state index in [0.717, 1.165) is 12.3 Å². The first-order valence-corrected chi connectivity index (χ1v) is 12.1. The van der Waals surface area contributed by atoms with Gasteiger partial charge in [0.05, 0.1) is 13.2 Å². The molecule has 4 aromatic rings. The Balaban J connectivity index is 0.000000380. The van der Waals surface area contributed by atoms with Gasteiger partial charge in [0.2, 0.25) is 5.95 Å². The molecule has 5 heterocycles. The van der Waals surface area contributed by atoms with Crippen LogP contribution in [0.5, 0.6) is 0 Å². The van der Waals surface area contributed by atoms with E-state index < -0.39 is 11.9 Å². The van der Waals surface area contributed by atoms with Crippen molar-refractivity contribution in [2.24, 2.45) is 14.1 Å². The molecule has 204 valence electrons. The van der Waals surface area contributed by atoms with Crippen molar-refractivity contribution in [1.29, 1.82) is 0 Å². The molecule has 0 aliphatic carbocycles. The van der Waals surface area contributed by atoms with Gasteiger partial charge in [-0.25, -0.2) is 15.0 Å². The fourth-order valence-electron chi connectivity index (χ4n) is 3.39. The molecule has 0 bridgehead atoms. The molecule has 1 saturated heterocycles. The van der Waals surface area contributed by atoms with Gasteiger partial charge in [0.25, 0.3) is 5.56 Å². The monoisotopic (exact) mass is 532 g/mol. The summed E-state index contributed by atoms with van der Waals surface area (Å²) in [5.41, 5.74) is -0.453. The van der Waals surface area contributed by atoms with Crippen LogP contribution in [0.4, 0.5) is 19.1 Å². The minimum atomic E-state index is -4.55. The van der Waals surface area contributed by atoms with Gasteiger partial charge in [0.1, 0.15) is 22.7 Å². The van der Waals surface area contributed by atoms with Crippen molar-refractivity contribution in [3.05, 3.63) is 58.7 Å². The fourth-order valence-corrected chi connectivity index (χ4v) is 3.39. The minimum Gasteiger partial charge on any atom is -0.378 e. The summed E-state index contributed by atoms with van der Waals surface area (Å²) in [5.74, 6) is 0.741. The van der Waals surface area contributed by atoms with E-state index >= 15 is 0 Å². The van der Waals surface area contributed by atoms with Crippen molar-refractivity contribution in [3.63, 3.8) is 0 Å². The van der Waals surface area contributed by atoms with Crippen LogP contribution in [0.15, 0.2) is 41.6 Å². The smallest absolute Gasteiger partial charge is 0.378 e. The van der Waals surface area contributed by atoms with Gasteiger partial charge in [-0.2, -0.15) is 18.3 Å². The number of aryl methyl sites for hydroxylation is 2. The molecule has 0 atom stereocenters. The molecule has 0 N–H and O–H groups in total. The molecule has 0 spiro atoms. The zero-order chi connectivity index (χ0) is 27.9. The van der Waals surface area contributed by atoms with E-state index in [4.69, 9.17) is 4.74 Å². The van der Waals surface area contributed by atoms with Crippen molar-refractivity contribution in [2.45, 2.75) is 33.4 Å². The van der Waals surface area contributed by atoms with Crippen LogP contribution in [0.3, 0.4) is 0 Å². The summed E-state index contributed by atoms with van der Waals surface area (Å²) in [6.07, 6.45) is 1.43. The Morgan fingerprint density at radius 3 is 2.21 bits per heavy atom. The highest BCUT2D eigenvalue weighted by molar-refractivity contribution is 5.89. The predicted molar refractivity (Wildman–Crippen MR) is 138 cm³/mol. The Hall–Kier alpha value is -3.87. The Labute approximate surface area is 218 Å². The molecule has 0 amide bonds. The number of pyridine rings is 1. The molecular formula is C25H31F3N8O2. The highest BCUT2D eigenvalue weighted by Crippen LogP contribution is 2.30. The fraction of sp³-hybridized carbons (Fsp3) is 0.440. The van der Waals surface area contributed by atoms with E-state index in [1.54, 1.807) is 24.9 Å². The molecule has 10 nitrogen and oxygen atoms in total. The topological polar surface area (TPSA) is 104 Å². The quantitative estimate of drug-likeness (QED) is 0.384. The lowest BCUT2D eigenvalue weighted by Crippen LogP contribution is -2.37. The highest BCUT2D eigenvalue weighted by Gasteiger charge is 2.32. The van der Waals surface area contributed by atoms with Gasteiger partial charge >= 0.3 is 6.18 Å². The summed E-state index contributed by atoms with van der Waals surface area (Å²) < 4.78 is 47.1. The number of nitrogens with zero attached hydrogens (tertiary/aromatic N) is 8. The van der Waals surface area contributed by atoms with Crippen molar-refractivity contribution < 1.29 is 17.9 Å². The van der Waals surface area contributed by atoms with Crippen LogP contribution >= 0.6 is 0 Å². The Morgan fingerprint density at radius 1 is 1.03 bits per heavy atom. The zero-order valence-corrected chi connectivity index (χ0v) is 22.0. The first kappa shape index (κ1) is 28.7. The molecule has 0 saturated carbocycles. The van der Waals surface area contributed by atoms with Crippen LogP contribution in [0.2, 0.25) is 0 Å². The standard InChI is InChI=1S/C18H17F3N6O2.C4H6N2.C3H8/c1-10-23-14-13(11-3-4-12(22-9-11)18(19,20)21)24-17(27-5-7-29-8-6-27)25-15(14)16(28)26(10)2;1-6-4-2-3-5-6;1-3-2/h3-4,9H,5-8H2,1-2H3;2-4H,1H3;3H2,1-2H3. The maximum atomic E-state index is 12.9. The first-order valence-electron chi connectivity index (χ1n) is 12.1. The number of halogens is 3. The number of aromatic nitrogens is 7. The average Bonchev–Trinajstić information content (AvgIpc) is 3.39. The number of rotatable bonds is 2. The van der Waals surface area contributed by atoms with E-state index in [1.165, 1.54) is 17.1 Å². The predicted octanol–water partition coefficient (Wildman–Crippen LogP) is 3.79. The van der Waals surface area contributed by atoms with Gasteiger partial charge in [-0.1, -0.05) is 20.3 Å². The van der Waals surface area contributed by atoms with Gasteiger partial charge < -0.3 is 9.64 Å². The Morgan fingerprint density at radius 2 is 1.71 bits per heavy atom. The van der Waals surface area contributed by atoms with Crippen LogP contribution in [-0.2, 0) is 25.0 Å². The van der Waals surface area contributed by atoms with E-state index in [9.17, 15) is 18.0 Å². The maximum absolute atomic E-state index is 12.9. The summed E-state index contributed by atoms with van der Waals surface area (Å²) in [5, 5.41) is 3.83. The third-order valence-electron chi connectivity index (χ3n) is 5.40. The number of fused-ring (bicyclic) bond motifs is 1. The summed E-state index contributed by atoms with van der Waals surface area (Å²) in [6, 6.07) is 4.04. The van der Waals surface area contributed by atoms with Gasteiger partial charge in [-0.15, -0.1) is 0 Å². The average molecular weight is 533 g/mol. The number of anilines is 1. The SMILES string of the molecule is CCC.Cc1nc2c(-c3ccc(C(F)(F)F)nc3)nc(N3CCOCC3)nc2c(=O)n1C.Cn1cccn1. The van der Waals surface area contributed by atoms with Crippen LogP contribution in [-0.4, -0.2) is 60.6 Å². The lowest BCUT2D eigenvalue weighted by atomic mass is 10.1.